The van der Waals surface area contributed by atoms with Crippen molar-refractivity contribution in [3.05, 3.63) is 17.5 Å². The largest absolute Gasteiger partial charge is 0.481 e. The van der Waals surface area contributed by atoms with Gasteiger partial charge in [-0.25, -0.2) is 14.8 Å². The molecular formula is C15H22N4O5. The molecule has 1 aromatic heterocycles. The summed E-state index contributed by atoms with van der Waals surface area (Å²) in [6.07, 6.45) is 0.121. The molecule has 0 unspecified atom stereocenters. The molecule has 0 aromatic carbocycles. The van der Waals surface area contributed by atoms with Crippen LogP contribution in [0.15, 0.2) is 6.07 Å². The van der Waals surface area contributed by atoms with E-state index in [0.717, 1.165) is 11.4 Å². The van der Waals surface area contributed by atoms with Crippen LogP contribution in [0, 0.1) is 13.8 Å². The van der Waals surface area contributed by atoms with Crippen LogP contribution in [0.5, 0.6) is 0 Å². The van der Waals surface area contributed by atoms with E-state index in [1.807, 2.05) is 19.9 Å². The number of aliphatic carboxylic acids is 2. The zero-order chi connectivity index (χ0) is 18.1. The highest BCUT2D eigenvalue weighted by Crippen LogP contribution is 2.04. The maximum absolute atomic E-state index is 11.7. The minimum atomic E-state index is -1.24. The number of nitrogens with one attached hydrogen (secondary N) is 2. The third-order valence-electron chi connectivity index (χ3n) is 3.13. The van der Waals surface area contributed by atoms with Gasteiger partial charge in [-0.1, -0.05) is 0 Å². The highest BCUT2D eigenvalue weighted by Gasteiger charge is 2.20. The number of aromatic nitrogens is 2. The fourth-order valence-electron chi connectivity index (χ4n) is 2.05. The maximum Gasteiger partial charge on any atom is 0.326 e. The molecule has 1 atom stereocenters. The van der Waals surface area contributed by atoms with Crippen molar-refractivity contribution < 1.29 is 24.6 Å². The van der Waals surface area contributed by atoms with Gasteiger partial charge in [0.25, 0.3) is 0 Å². The molecule has 1 rings (SSSR count). The molecule has 132 valence electrons. The topological polar surface area (TPSA) is 142 Å². The first-order valence-electron chi connectivity index (χ1n) is 7.58. The zero-order valence-electron chi connectivity index (χ0n) is 13.7. The molecule has 0 saturated carbocycles. The van der Waals surface area contributed by atoms with Crippen molar-refractivity contribution in [1.29, 1.82) is 0 Å². The van der Waals surface area contributed by atoms with Crippen LogP contribution < -0.4 is 10.6 Å². The van der Waals surface area contributed by atoms with E-state index in [1.165, 1.54) is 0 Å². The quantitative estimate of drug-likeness (QED) is 0.457. The number of carboxylic acids is 2. The van der Waals surface area contributed by atoms with Crippen molar-refractivity contribution in [2.45, 2.75) is 45.6 Å². The number of rotatable bonds is 10. The van der Waals surface area contributed by atoms with E-state index in [-0.39, 0.29) is 19.3 Å². The first-order chi connectivity index (χ1) is 11.3. The Hall–Kier alpha value is -2.71. The van der Waals surface area contributed by atoms with E-state index in [0.29, 0.717) is 18.9 Å². The Morgan fingerprint density at radius 1 is 1.12 bits per heavy atom. The van der Waals surface area contributed by atoms with Gasteiger partial charge in [0.05, 0.1) is 0 Å². The van der Waals surface area contributed by atoms with Gasteiger partial charge in [0.2, 0.25) is 11.9 Å². The molecule has 1 amide bonds. The molecule has 9 nitrogen and oxygen atoms in total. The summed E-state index contributed by atoms with van der Waals surface area (Å²) < 4.78 is 0. The predicted molar refractivity (Wildman–Crippen MR) is 85.7 cm³/mol. The molecule has 9 heteroatoms. The lowest BCUT2D eigenvalue weighted by atomic mass is 10.1. The molecule has 0 saturated heterocycles. The Morgan fingerprint density at radius 3 is 2.29 bits per heavy atom. The average molecular weight is 338 g/mol. The average Bonchev–Trinajstić information content (AvgIpc) is 2.46. The van der Waals surface area contributed by atoms with E-state index >= 15 is 0 Å². The predicted octanol–water partition coefficient (Wildman–Crippen LogP) is 0.720. The van der Waals surface area contributed by atoms with E-state index < -0.39 is 23.9 Å². The highest BCUT2D eigenvalue weighted by molar-refractivity contribution is 5.83. The molecule has 4 N–H and O–H groups in total. The SMILES string of the molecule is Cc1cc(C)nc(NCCCC(=O)N[C@@H](CCC(=O)O)C(=O)O)n1. The van der Waals surface area contributed by atoms with E-state index in [9.17, 15) is 14.4 Å². The lowest BCUT2D eigenvalue weighted by Gasteiger charge is -2.13. The van der Waals surface area contributed by atoms with Gasteiger partial charge in [0, 0.05) is 30.8 Å². The second-order valence-corrected chi connectivity index (χ2v) is 5.40. The van der Waals surface area contributed by atoms with Crippen LogP contribution in [-0.4, -0.2) is 50.6 Å². The van der Waals surface area contributed by atoms with Crippen molar-refractivity contribution >= 4 is 23.8 Å². The van der Waals surface area contributed by atoms with Gasteiger partial charge in [0.1, 0.15) is 6.04 Å². The summed E-state index contributed by atoms with van der Waals surface area (Å²) in [5.74, 6) is -2.30. The van der Waals surface area contributed by atoms with Crippen molar-refractivity contribution in [1.82, 2.24) is 15.3 Å². The van der Waals surface area contributed by atoms with E-state index in [4.69, 9.17) is 10.2 Å². The van der Waals surface area contributed by atoms with Gasteiger partial charge >= 0.3 is 11.9 Å². The molecule has 0 radical (unpaired) electrons. The molecule has 0 fully saturated rings. The van der Waals surface area contributed by atoms with Crippen LogP contribution in [0.1, 0.15) is 37.1 Å². The molecule has 0 aliphatic heterocycles. The normalized spacial score (nSPS) is 11.6. The summed E-state index contributed by atoms with van der Waals surface area (Å²) >= 11 is 0. The van der Waals surface area contributed by atoms with Crippen LogP contribution in [0.4, 0.5) is 5.95 Å². The standard InChI is InChI=1S/C15H22N4O5/c1-9-8-10(2)18-15(17-9)16-7-3-4-12(20)19-11(14(23)24)5-6-13(21)22/h8,11H,3-7H2,1-2H3,(H,19,20)(H,21,22)(H,23,24)(H,16,17,18)/t11-/m0/s1. The monoisotopic (exact) mass is 338 g/mol. The molecule has 0 spiro atoms. The third kappa shape index (κ3) is 7.52. The second-order valence-electron chi connectivity index (χ2n) is 5.40. The number of carbonyl (C=O) groups excluding carboxylic acids is 1. The lowest BCUT2D eigenvalue weighted by Crippen LogP contribution is -2.41. The fraction of sp³-hybridized carbons (Fsp3) is 0.533. The van der Waals surface area contributed by atoms with Gasteiger partial charge in [-0.3, -0.25) is 9.59 Å². The van der Waals surface area contributed by atoms with Gasteiger partial charge in [-0.2, -0.15) is 0 Å². The Labute approximate surface area is 139 Å². The van der Waals surface area contributed by atoms with Crippen molar-refractivity contribution in [2.75, 3.05) is 11.9 Å². The number of hydrogen-bond acceptors (Lipinski definition) is 6. The van der Waals surface area contributed by atoms with Crippen LogP contribution in [0.3, 0.4) is 0 Å². The minimum Gasteiger partial charge on any atom is -0.481 e. The van der Waals surface area contributed by atoms with Crippen LogP contribution >= 0.6 is 0 Å². The first kappa shape index (κ1) is 19.3. The molecule has 1 aromatic rings. The van der Waals surface area contributed by atoms with Crippen molar-refractivity contribution in [2.24, 2.45) is 0 Å². The Kier molecular flexibility index (Phi) is 7.60. The molecule has 0 aliphatic carbocycles. The Morgan fingerprint density at radius 2 is 1.75 bits per heavy atom. The fourth-order valence-corrected chi connectivity index (χ4v) is 2.05. The van der Waals surface area contributed by atoms with Gasteiger partial charge in [-0.15, -0.1) is 0 Å². The van der Waals surface area contributed by atoms with E-state index in [2.05, 4.69) is 20.6 Å². The van der Waals surface area contributed by atoms with Crippen LogP contribution in [-0.2, 0) is 14.4 Å². The van der Waals surface area contributed by atoms with Gasteiger partial charge < -0.3 is 20.8 Å². The number of aryl methyl sites for hydroxylation is 2. The summed E-state index contributed by atoms with van der Waals surface area (Å²) in [6, 6.07) is 0.659. The third-order valence-corrected chi connectivity index (χ3v) is 3.13. The number of amides is 1. The number of hydrogen-bond donors (Lipinski definition) is 4. The number of anilines is 1. The molecule has 0 aliphatic rings. The summed E-state index contributed by atoms with van der Waals surface area (Å²) in [4.78, 5) is 41.6. The molecule has 1 heterocycles. The first-order valence-corrected chi connectivity index (χ1v) is 7.58. The molecular weight excluding hydrogens is 316 g/mol. The summed E-state index contributed by atoms with van der Waals surface area (Å²) in [7, 11) is 0. The van der Waals surface area contributed by atoms with E-state index in [1.54, 1.807) is 0 Å². The second kappa shape index (κ2) is 9.43. The Balaban J connectivity index is 2.34. The van der Waals surface area contributed by atoms with Crippen molar-refractivity contribution in [3.8, 4) is 0 Å². The summed E-state index contributed by atoms with van der Waals surface area (Å²) in [6.45, 7) is 4.18. The minimum absolute atomic E-state index is 0.120. The molecule has 24 heavy (non-hydrogen) atoms. The Bertz CT molecular complexity index is 585. The maximum atomic E-state index is 11.7. The number of nitrogens with zero attached hydrogens (tertiary/aromatic N) is 2. The highest BCUT2D eigenvalue weighted by atomic mass is 16.4. The zero-order valence-corrected chi connectivity index (χ0v) is 13.7. The van der Waals surface area contributed by atoms with Crippen LogP contribution in [0.25, 0.3) is 0 Å². The smallest absolute Gasteiger partial charge is 0.326 e. The number of carbonyl (C=O) groups is 3. The summed E-state index contributed by atoms with van der Waals surface area (Å²) in [5, 5.41) is 22.9. The summed E-state index contributed by atoms with van der Waals surface area (Å²) in [5.41, 5.74) is 1.68. The van der Waals surface area contributed by atoms with Gasteiger partial charge in [-0.05, 0) is 32.8 Å². The molecule has 0 bridgehead atoms. The van der Waals surface area contributed by atoms with Gasteiger partial charge in [0.15, 0.2) is 0 Å². The lowest BCUT2D eigenvalue weighted by molar-refractivity contribution is -0.143. The van der Waals surface area contributed by atoms with Crippen LogP contribution in [0.2, 0.25) is 0 Å². The number of carboxylic acid groups (broad SMARTS) is 2. The van der Waals surface area contributed by atoms with Crippen molar-refractivity contribution in [3.63, 3.8) is 0 Å².